The number of alkyl halides is 1. The molecular weight excluding hydrogens is 262 g/mol. The van der Waals surface area contributed by atoms with E-state index in [-0.39, 0.29) is 16.7 Å². The summed E-state index contributed by atoms with van der Waals surface area (Å²) in [6, 6.07) is 4.82. The van der Waals surface area contributed by atoms with E-state index < -0.39 is 9.84 Å². The molecule has 0 bridgehead atoms. The standard InChI is InChI=1S/C11H12ClNO3S/c1-17(15,16)9-2-3-10-8(6-9)4-5-13(10)11(14)7-12/h2-3,6H,4-5,7H2,1H3. The van der Waals surface area contributed by atoms with Gasteiger partial charge in [-0.05, 0) is 30.2 Å². The number of rotatable bonds is 2. The number of benzene rings is 1. The SMILES string of the molecule is CS(=O)(=O)c1ccc2c(c1)CCN2C(=O)CCl. The largest absolute Gasteiger partial charge is 0.311 e. The molecule has 1 heterocycles. The second-order valence-electron chi connectivity index (χ2n) is 3.99. The molecule has 0 atom stereocenters. The summed E-state index contributed by atoms with van der Waals surface area (Å²) in [5, 5.41) is 0. The number of fused-ring (bicyclic) bond motifs is 1. The van der Waals surface area contributed by atoms with Crippen molar-refractivity contribution in [2.75, 3.05) is 23.6 Å². The molecule has 4 nitrogen and oxygen atoms in total. The van der Waals surface area contributed by atoms with Crippen LogP contribution in [-0.4, -0.2) is 33.0 Å². The van der Waals surface area contributed by atoms with E-state index in [1.54, 1.807) is 17.0 Å². The van der Waals surface area contributed by atoms with Crippen molar-refractivity contribution in [3.8, 4) is 0 Å². The smallest absolute Gasteiger partial charge is 0.241 e. The van der Waals surface area contributed by atoms with Gasteiger partial charge in [0.05, 0.1) is 4.90 Å². The van der Waals surface area contributed by atoms with E-state index in [0.29, 0.717) is 13.0 Å². The van der Waals surface area contributed by atoms with Crippen molar-refractivity contribution >= 4 is 33.0 Å². The number of hydrogen-bond acceptors (Lipinski definition) is 3. The Kier molecular flexibility index (Phi) is 3.14. The number of carbonyl (C=O) groups excluding carboxylic acids is 1. The highest BCUT2D eigenvalue weighted by Gasteiger charge is 2.25. The molecule has 0 fully saturated rings. The van der Waals surface area contributed by atoms with Gasteiger partial charge in [-0.1, -0.05) is 0 Å². The second kappa shape index (κ2) is 4.31. The molecule has 1 aromatic rings. The highest BCUT2D eigenvalue weighted by atomic mass is 35.5. The second-order valence-corrected chi connectivity index (χ2v) is 6.27. The van der Waals surface area contributed by atoms with Crippen LogP contribution < -0.4 is 4.90 Å². The summed E-state index contributed by atoms with van der Waals surface area (Å²) in [7, 11) is -3.20. The van der Waals surface area contributed by atoms with E-state index in [1.807, 2.05) is 0 Å². The van der Waals surface area contributed by atoms with Gasteiger partial charge in [0.2, 0.25) is 5.91 Å². The Bertz CT molecular complexity index is 568. The Hall–Kier alpha value is -1.07. The van der Waals surface area contributed by atoms with E-state index in [2.05, 4.69) is 0 Å². The van der Waals surface area contributed by atoms with Gasteiger partial charge in [-0.25, -0.2) is 8.42 Å². The van der Waals surface area contributed by atoms with Crippen molar-refractivity contribution in [3.63, 3.8) is 0 Å². The monoisotopic (exact) mass is 273 g/mol. The minimum Gasteiger partial charge on any atom is -0.311 e. The van der Waals surface area contributed by atoms with Gasteiger partial charge in [-0.15, -0.1) is 11.6 Å². The topological polar surface area (TPSA) is 54.5 Å². The summed E-state index contributed by atoms with van der Waals surface area (Å²) < 4.78 is 22.8. The Labute approximate surface area is 105 Å². The summed E-state index contributed by atoms with van der Waals surface area (Å²) in [6.07, 6.45) is 1.84. The van der Waals surface area contributed by atoms with Crippen molar-refractivity contribution in [2.24, 2.45) is 0 Å². The lowest BCUT2D eigenvalue weighted by atomic mass is 10.2. The zero-order valence-electron chi connectivity index (χ0n) is 9.31. The Morgan fingerprint density at radius 1 is 1.47 bits per heavy atom. The molecule has 1 aromatic carbocycles. The first-order valence-electron chi connectivity index (χ1n) is 5.13. The summed E-state index contributed by atoms with van der Waals surface area (Å²) in [6.45, 7) is 0.564. The molecule has 0 aliphatic carbocycles. The minimum atomic E-state index is -3.20. The molecule has 6 heteroatoms. The molecule has 0 radical (unpaired) electrons. The molecule has 0 aromatic heterocycles. The molecular formula is C11H12ClNO3S. The lowest BCUT2D eigenvalue weighted by Crippen LogP contribution is -2.29. The average molecular weight is 274 g/mol. The zero-order chi connectivity index (χ0) is 12.6. The fourth-order valence-corrected chi connectivity index (χ4v) is 2.76. The van der Waals surface area contributed by atoms with Crippen LogP contribution in [-0.2, 0) is 21.1 Å². The van der Waals surface area contributed by atoms with Crippen molar-refractivity contribution < 1.29 is 13.2 Å². The van der Waals surface area contributed by atoms with E-state index in [9.17, 15) is 13.2 Å². The fourth-order valence-electron chi connectivity index (χ4n) is 1.94. The van der Waals surface area contributed by atoms with Crippen molar-refractivity contribution in [3.05, 3.63) is 23.8 Å². The Balaban J connectivity index is 2.42. The maximum absolute atomic E-state index is 11.5. The van der Waals surface area contributed by atoms with Crippen molar-refractivity contribution in [1.82, 2.24) is 0 Å². The van der Waals surface area contributed by atoms with Crippen LogP contribution in [0.3, 0.4) is 0 Å². The highest BCUT2D eigenvalue weighted by molar-refractivity contribution is 7.90. The molecule has 0 spiro atoms. The molecule has 0 unspecified atom stereocenters. The molecule has 1 amide bonds. The molecule has 92 valence electrons. The molecule has 0 saturated carbocycles. The number of hydrogen-bond donors (Lipinski definition) is 0. The number of halogens is 1. The molecule has 2 rings (SSSR count). The molecule has 0 saturated heterocycles. The molecule has 1 aliphatic heterocycles. The van der Waals surface area contributed by atoms with E-state index >= 15 is 0 Å². The fraction of sp³-hybridized carbons (Fsp3) is 0.364. The molecule has 17 heavy (non-hydrogen) atoms. The van der Waals surface area contributed by atoms with E-state index in [0.717, 1.165) is 11.3 Å². The first-order chi connectivity index (χ1) is 7.93. The van der Waals surface area contributed by atoms with Gasteiger partial charge >= 0.3 is 0 Å². The highest BCUT2D eigenvalue weighted by Crippen LogP contribution is 2.30. The summed E-state index contributed by atoms with van der Waals surface area (Å²) >= 11 is 5.52. The van der Waals surface area contributed by atoms with Crippen LogP contribution in [0.15, 0.2) is 23.1 Å². The molecule has 0 N–H and O–H groups in total. The van der Waals surface area contributed by atoms with Crippen molar-refractivity contribution in [2.45, 2.75) is 11.3 Å². The Morgan fingerprint density at radius 2 is 2.18 bits per heavy atom. The zero-order valence-corrected chi connectivity index (χ0v) is 10.9. The maximum Gasteiger partial charge on any atom is 0.241 e. The number of nitrogens with zero attached hydrogens (tertiary/aromatic N) is 1. The summed E-state index contributed by atoms with van der Waals surface area (Å²) in [5.41, 5.74) is 1.65. The number of amides is 1. The predicted molar refractivity (Wildman–Crippen MR) is 66.3 cm³/mol. The maximum atomic E-state index is 11.5. The predicted octanol–water partition coefficient (Wildman–Crippen LogP) is 1.22. The molecule has 1 aliphatic rings. The van der Waals surface area contributed by atoms with Gasteiger partial charge in [-0.3, -0.25) is 4.79 Å². The normalized spacial score (nSPS) is 14.8. The summed E-state index contributed by atoms with van der Waals surface area (Å²) in [4.78, 5) is 13.4. The van der Waals surface area contributed by atoms with Crippen LogP contribution in [0.4, 0.5) is 5.69 Å². The third kappa shape index (κ3) is 2.30. The number of anilines is 1. The lowest BCUT2D eigenvalue weighted by Gasteiger charge is -2.15. The van der Waals surface area contributed by atoms with Gasteiger partial charge in [0.1, 0.15) is 5.88 Å². The lowest BCUT2D eigenvalue weighted by molar-refractivity contribution is -0.116. The first kappa shape index (κ1) is 12.4. The quantitative estimate of drug-likeness (QED) is 0.762. The average Bonchev–Trinajstić information content (AvgIpc) is 2.69. The van der Waals surface area contributed by atoms with Gasteiger partial charge in [-0.2, -0.15) is 0 Å². The van der Waals surface area contributed by atoms with Gasteiger partial charge in [0, 0.05) is 18.5 Å². The number of carbonyl (C=O) groups is 1. The third-order valence-corrected chi connectivity index (χ3v) is 4.13. The van der Waals surface area contributed by atoms with Crippen molar-refractivity contribution in [1.29, 1.82) is 0 Å². The van der Waals surface area contributed by atoms with Crippen LogP contribution in [0, 0.1) is 0 Å². The van der Waals surface area contributed by atoms with E-state index in [4.69, 9.17) is 11.6 Å². The van der Waals surface area contributed by atoms with E-state index in [1.165, 1.54) is 12.3 Å². The van der Waals surface area contributed by atoms with Crippen LogP contribution in [0.1, 0.15) is 5.56 Å². The van der Waals surface area contributed by atoms with Gasteiger partial charge in [0.15, 0.2) is 9.84 Å². The first-order valence-corrected chi connectivity index (χ1v) is 7.55. The Morgan fingerprint density at radius 3 is 2.76 bits per heavy atom. The van der Waals surface area contributed by atoms with Gasteiger partial charge in [0.25, 0.3) is 0 Å². The third-order valence-electron chi connectivity index (χ3n) is 2.79. The van der Waals surface area contributed by atoms with Crippen LogP contribution in [0.5, 0.6) is 0 Å². The summed E-state index contributed by atoms with van der Waals surface area (Å²) in [5.74, 6) is -0.217. The minimum absolute atomic E-state index is 0.0622. The van der Waals surface area contributed by atoms with Crippen LogP contribution in [0.2, 0.25) is 0 Å². The number of sulfone groups is 1. The van der Waals surface area contributed by atoms with Crippen LogP contribution >= 0.6 is 11.6 Å². The van der Waals surface area contributed by atoms with Crippen LogP contribution in [0.25, 0.3) is 0 Å². The van der Waals surface area contributed by atoms with Gasteiger partial charge < -0.3 is 4.90 Å².